The number of allylic oxidation sites excluding steroid dienone is 6. The summed E-state index contributed by atoms with van der Waals surface area (Å²) in [5.74, 6) is 1.20. The van der Waals surface area contributed by atoms with Gasteiger partial charge in [-0.1, -0.05) is 63.4 Å². The average molecular weight is 277 g/mol. The van der Waals surface area contributed by atoms with Gasteiger partial charge in [0.2, 0.25) is 0 Å². The Hall–Kier alpha value is -0.823. The molecule has 0 amide bonds. The highest BCUT2D eigenvalue weighted by molar-refractivity contribution is 6.78. The van der Waals surface area contributed by atoms with Crippen LogP contribution in [0.15, 0.2) is 49.6 Å². The summed E-state index contributed by atoms with van der Waals surface area (Å²) in [7, 11) is -1.09. The van der Waals surface area contributed by atoms with E-state index in [1.165, 1.54) is 12.1 Å². The van der Waals surface area contributed by atoms with Gasteiger partial charge in [-0.25, -0.2) is 0 Å². The molecule has 0 bridgehead atoms. The predicted octanol–water partition coefficient (Wildman–Crippen LogP) is 6.23. The molecule has 0 saturated carbocycles. The van der Waals surface area contributed by atoms with Gasteiger partial charge in [-0.2, -0.15) is 0 Å². The largest absolute Gasteiger partial charge is 0.103 e. The first-order chi connectivity index (χ1) is 8.91. The van der Waals surface area contributed by atoms with Crippen molar-refractivity contribution in [2.45, 2.75) is 51.9 Å². The molecule has 0 spiro atoms. The summed E-state index contributed by atoms with van der Waals surface area (Å²) < 4.78 is 0. The number of hydrogen-bond donors (Lipinski definition) is 0. The zero-order valence-corrected chi connectivity index (χ0v) is 14.4. The van der Waals surface area contributed by atoms with E-state index < -0.39 is 8.07 Å². The fraction of sp³-hybridized carbons (Fsp3) is 0.556. The summed E-state index contributed by atoms with van der Waals surface area (Å²) in [5, 5.41) is 0. The van der Waals surface area contributed by atoms with Crippen LogP contribution in [0, 0.1) is 11.8 Å². The van der Waals surface area contributed by atoms with Crippen molar-refractivity contribution in [3.8, 4) is 0 Å². The minimum absolute atomic E-state index is 0.598. The van der Waals surface area contributed by atoms with E-state index in [2.05, 4.69) is 64.4 Å². The monoisotopic (exact) mass is 276 g/mol. The van der Waals surface area contributed by atoms with Gasteiger partial charge in [0, 0.05) is 0 Å². The van der Waals surface area contributed by atoms with Crippen LogP contribution in [-0.4, -0.2) is 8.07 Å². The highest BCUT2D eigenvalue weighted by Gasteiger charge is 2.16. The Labute approximate surface area is 122 Å². The highest BCUT2D eigenvalue weighted by Crippen LogP contribution is 2.18. The van der Waals surface area contributed by atoms with E-state index in [-0.39, 0.29) is 0 Å². The van der Waals surface area contributed by atoms with Gasteiger partial charge < -0.3 is 0 Å². The number of rotatable bonds is 10. The second-order valence-corrected chi connectivity index (χ2v) is 11.6. The molecule has 2 atom stereocenters. The van der Waals surface area contributed by atoms with Crippen molar-refractivity contribution in [3.05, 3.63) is 49.6 Å². The van der Waals surface area contributed by atoms with E-state index in [0.717, 1.165) is 12.8 Å². The summed E-state index contributed by atoms with van der Waals surface area (Å²) >= 11 is 0. The van der Waals surface area contributed by atoms with Crippen LogP contribution in [0.1, 0.15) is 26.7 Å². The highest BCUT2D eigenvalue weighted by atomic mass is 28.3. The van der Waals surface area contributed by atoms with Crippen LogP contribution in [0.3, 0.4) is 0 Å². The van der Waals surface area contributed by atoms with Crippen LogP contribution in [-0.2, 0) is 0 Å². The second-order valence-electron chi connectivity index (χ2n) is 6.41. The Bertz CT molecular complexity index is 280. The van der Waals surface area contributed by atoms with E-state index in [1.54, 1.807) is 0 Å². The SMILES string of the molecule is C=CC(C)C/C=C/C[Si](C)(C)C/C=C/CC(C)C=C. The lowest BCUT2D eigenvalue weighted by molar-refractivity contribution is 0.745. The molecule has 108 valence electrons. The predicted molar refractivity (Wildman–Crippen MR) is 93.3 cm³/mol. The molecule has 0 aliphatic rings. The molecule has 1 heteroatoms. The molecule has 0 radical (unpaired) electrons. The van der Waals surface area contributed by atoms with Crippen LogP contribution >= 0.6 is 0 Å². The smallest absolute Gasteiger partial charge is 0.0548 e. The fourth-order valence-electron chi connectivity index (χ4n) is 1.70. The molecule has 0 fully saturated rings. The summed E-state index contributed by atoms with van der Waals surface area (Å²) in [6.07, 6.45) is 15.7. The molecule has 0 N–H and O–H groups in total. The summed E-state index contributed by atoms with van der Waals surface area (Å²) in [6, 6.07) is 2.55. The topological polar surface area (TPSA) is 0 Å². The minimum Gasteiger partial charge on any atom is -0.103 e. The van der Waals surface area contributed by atoms with Crippen LogP contribution in [0.25, 0.3) is 0 Å². The Morgan fingerprint density at radius 2 is 1.16 bits per heavy atom. The van der Waals surface area contributed by atoms with E-state index in [4.69, 9.17) is 0 Å². The molecule has 19 heavy (non-hydrogen) atoms. The molecule has 0 nitrogen and oxygen atoms in total. The van der Waals surface area contributed by atoms with Crippen LogP contribution < -0.4 is 0 Å². The fourth-order valence-corrected chi connectivity index (χ4v) is 3.48. The molecule has 0 aromatic carbocycles. The molecule has 0 aliphatic carbocycles. The lowest BCUT2D eigenvalue weighted by Crippen LogP contribution is -2.22. The van der Waals surface area contributed by atoms with Gasteiger partial charge in [0.1, 0.15) is 0 Å². The Morgan fingerprint density at radius 1 is 0.789 bits per heavy atom. The zero-order chi connectivity index (χ0) is 14.7. The van der Waals surface area contributed by atoms with Crippen molar-refractivity contribution in [1.29, 1.82) is 0 Å². The quantitative estimate of drug-likeness (QED) is 0.327. The van der Waals surface area contributed by atoms with Crippen LogP contribution in [0.5, 0.6) is 0 Å². The lowest BCUT2D eigenvalue weighted by atomic mass is 10.1. The Kier molecular flexibility index (Phi) is 9.59. The molecular formula is C18H32Si. The van der Waals surface area contributed by atoms with Gasteiger partial charge in [0.25, 0.3) is 0 Å². The van der Waals surface area contributed by atoms with Gasteiger partial charge in [-0.3, -0.25) is 0 Å². The minimum atomic E-state index is -1.09. The van der Waals surface area contributed by atoms with Crippen LogP contribution in [0.2, 0.25) is 25.2 Å². The summed E-state index contributed by atoms with van der Waals surface area (Å²) in [6.45, 7) is 17.0. The third-order valence-corrected chi connectivity index (χ3v) is 6.18. The first-order valence-corrected chi connectivity index (χ1v) is 10.9. The lowest BCUT2D eigenvalue weighted by Gasteiger charge is -2.18. The van der Waals surface area contributed by atoms with Gasteiger partial charge >= 0.3 is 0 Å². The zero-order valence-electron chi connectivity index (χ0n) is 13.4. The van der Waals surface area contributed by atoms with Crippen molar-refractivity contribution in [2.24, 2.45) is 11.8 Å². The summed E-state index contributed by atoms with van der Waals surface area (Å²) in [4.78, 5) is 0. The average Bonchev–Trinajstić information content (AvgIpc) is 2.39. The first kappa shape index (κ1) is 18.2. The third-order valence-electron chi connectivity index (χ3n) is 3.49. The molecular weight excluding hydrogens is 244 g/mol. The normalized spacial score (nSPS) is 15.8. The molecule has 0 rings (SSSR count). The molecule has 0 aromatic rings. The van der Waals surface area contributed by atoms with Gasteiger partial charge in [-0.15, -0.1) is 13.2 Å². The molecule has 0 aromatic heterocycles. The molecule has 0 aliphatic heterocycles. The number of hydrogen-bond acceptors (Lipinski definition) is 0. The maximum absolute atomic E-state index is 3.82. The second kappa shape index (κ2) is 10.0. The van der Waals surface area contributed by atoms with Crippen LogP contribution in [0.4, 0.5) is 0 Å². The Morgan fingerprint density at radius 3 is 1.47 bits per heavy atom. The van der Waals surface area contributed by atoms with Gasteiger partial charge in [-0.05, 0) is 36.8 Å². The van der Waals surface area contributed by atoms with Crippen molar-refractivity contribution in [3.63, 3.8) is 0 Å². The maximum Gasteiger partial charge on any atom is 0.0548 e. The van der Waals surface area contributed by atoms with E-state index in [9.17, 15) is 0 Å². The maximum atomic E-state index is 3.82. The van der Waals surface area contributed by atoms with Gasteiger partial charge in [0.15, 0.2) is 0 Å². The van der Waals surface area contributed by atoms with E-state index >= 15 is 0 Å². The molecule has 0 heterocycles. The third kappa shape index (κ3) is 10.8. The summed E-state index contributed by atoms with van der Waals surface area (Å²) in [5.41, 5.74) is 0. The van der Waals surface area contributed by atoms with Crippen molar-refractivity contribution in [1.82, 2.24) is 0 Å². The Balaban J connectivity index is 3.97. The van der Waals surface area contributed by atoms with E-state index in [1.807, 2.05) is 12.2 Å². The standard InChI is InChI=1S/C18H32Si/c1-7-17(3)13-9-11-15-19(5,6)16-12-10-14-18(4)8-2/h7-12,17-18H,1-2,13-16H2,3-6H3/b11-9+,12-10+. The first-order valence-electron chi connectivity index (χ1n) is 7.46. The van der Waals surface area contributed by atoms with E-state index in [0.29, 0.717) is 11.8 Å². The van der Waals surface area contributed by atoms with Crippen molar-refractivity contribution < 1.29 is 0 Å². The molecule has 2 unspecified atom stereocenters. The van der Waals surface area contributed by atoms with Crippen molar-refractivity contribution in [2.75, 3.05) is 0 Å². The van der Waals surface area contributed by atoms with Gasteiger partial charge in [0.05, 0.1) is 8.07 Å². The molecule has 0 saturated heterocycles. The van der Waals surface area contributed by atoms with Crippen molar-refractivity contribution >= 4 is 8.07 Å².